The van der Waals surface area contributed by atoms with Crippen molar-refractivity contribution < 1.29 is 13.2 Å². The summed E-state index contributed by atoms with van der Waals surface area (Å²) in [5.41, 5.74) is 1.62. The molecule has 1 fully saturated rings. The molecule has 1 aromatic rings. The van der Waals surface area contributed by atoms with Gasteiger partial charge in [0.2, 0.25) is 10.0 Å². The van der Waals surface area contributed by atoms with E-state index in [1.807, 2.05) is 10.7 Å². The molecule has 0 aliphatic carbocycles. The lowest BCUT2D eigenvalue weighted by Crippen LogP contribution is -2.50. The van der Waals surface area contributed by atoms with Gasteiger partial charge in [0.25, 0.3) is 5.91 Å². The van der Waals surface area contributed by atoms with Gasteiger partial charge in [0, 0.05) is 38.4 Å². The minimum Gasteiger partial charge on any atom is -0.335 e. The Kier molecular flexibility index (Phi) is 4.22. The summed E-state index contributed by atoms with van der Waals surface area (Å²) in [5.74, 6) is 0.0183. The monoisotopic (exact) mass is 326 g/mol. The van der Waals surface area contributed by atoms with Crippen LogP contribution >= 0.6 is 0 Å². The maximum atomic E-state index is 12.5. The van der Waals surface area contributed by atoms with Gasteiger partial charge in [-0.25, -0.2) is 8.42 Å². The summed E-state index contributed by atoms with van der Waals surface area (Å²) in [4.78, 5) is 14.2. The molecule has 0 atom stereocenters. The summed E-state index contributed by atoms with van der Waals surface area (Å²) < 4.78 is 27.1. The molecular formula is C14H22N4O3S. The number of rotatable bonds is 3. The molecule has 0 radical (unpaired) electrons. The molecule has 3 rings (SSSR count). The molecule has 0 saturated carbocycles. The van der Waals surface area contributed by atoms with Crippen LogP contribution in [0.25, 0.3) is 0 Å². The molecule has 0 bridgehead atoms. The zero-order chi connectivity index (χ0) is 15.7. The van der Waals surface area contributed by atoms with Crippen molar-refractivity contribution in [2.24, 2.45) is 0 Å². The van der Waals surface area contributed by atoms with Crippen molar-refractivity contribution in [3.05, 3.63) is 17.5 Å². The summed E-state index contributed by atoms with van der Waals surface area (Å²) in [6.07, 6.45) is 3.23. The molecular weight excluding hydrogens is 304 g/mol. The van der Waals surface area contributed by atoms with Crippen LogP contribution in [0.3, 0.4) is 0 Å². The van der Waals surface area contributed by atoms with Crippen LogP contribution in [0, 0.1) is 0 Å². The van der Waals surface area contributed by atoms with Crippen LogP contribution in [-0.4, -0.2) is 65.2 Å². The maximum Gasteiger partial charge on any atom is 0.274 e. The van der Waals surface area contributed by atoms with Crippen molar-refractivity contribution in [3.8, 4) is 0 Å². The third-order valence-electron chi connectivity index (χ3n) is 4.42. The minimum absolute atomic E-state index is 0.0875. The second kappa shape index (κ2) is 6.00. The van der Waals surface area contributed by atoms with Gasteiger partial charge in [0.1, 0.15) is 0 Å². The number of sulfonamides is 1. The molecule has 1 amide bonds. The zero-order valence-electron chi connectivity index (χ0n) is 12.9. The first-order chi connectivity index (χ1) is 10.5. The van der Waals surface area contributed by atoms with Gasteiger partial charge < -0.3 is 4.90 Å². The Hall–Kier alpha value is -1.41. The molecule has 1 saturated heterocycles. The van der Waals surface area contributed by atoms with Gasteiger partial charge in [-0.05, 0) is 32.3 Å². The van der Waals surface area contributed by atoms with Gasteiger partial charge in [-0.3, -0.25) is 9.48 Å². The van der Waals surface area contributed by atoms with Crippen molar-refractivity contribution in [2.75, 3.05) is 31.9 Å². The maximum absolute atomic E-state index is 12.5. The first-order valence-electron chi connectivity index (χ1n) is 7.85. The van der Waals surface area contributed by atoms with Gasteiger partial charge in [-0.2, -0.15) is 9.40 Å². The highest BCUT2D eigenvalue weighted by Crippen LogP contribution is 2.17. The van der Waals surface area contributed by atoms with Crippen LogP contribution in [0.4, 0.5) is 0 Å². The Labute approximate surface area is 130 Å². The number of fused-ring (bicyclic) bond motifs is 1. The fourth-order valence-corrected chi connectivity index (χ4v) is 4.12. The fraction of sp³-hybridized carbons (Fsp3) is 0.714. The van der Waals surface area contributed by atoms with E-state index in [0.29, 0.717) is 31.9 Å². The van der Waals surface area contributed by atoms with E-state index in [9.17, 15) is 13.2 Å². The van der Waals surface area contributed by atoms with Crippen molar-refractivity contribution in [2.45, 2.75) is 32.7 Å². The van der Waals surface area contributed by atoms with Crippen LogP contribution in [0.15, 0.2) is 6.07 Å². The van der Waals surface area contributed by atoms with Crippen LogP contribution in [0.1, 0.15) is 35.9 Å². The van der Waals surface area contributed by atoms with E-state index in [4.69, 9.17) is 0 Å². The average Bonchev–Trinajstić information content (AvgIpc) is 2.98. The summed E-state index contributed by atoms with van der Waals surface area (Å²) in [5, 5.41) is 4.40. The smallest absolute Gasteiger partial charge is 0.274 e. The van der Waals surface area contributed by atoms with E-state index < -0.39 is 10.0 Å². The molecule has 0 aromatic carbocycles. The fourth-order valence-electron chi connectivity index (χ4n) is 3.04. The molecule has 2 aliphatic rings. The highest BCUT2D eigenvalue weighted by molar-refractivity contribution is 7.89. The number of amides is 1. The lowest BCUT2D eigenvalue weighted by atomic mass is 10.1. The van der Waals surface area contributed by atoms with Gasteiger partial charge in [0.15, 0.2) is 5.69 Å². The highest BCUT2D eigenvalue weighted by atomic mass is 32.2. The molecule has 0 unspecified atom stereocenters. The summed E-state index contributed by atoms with van der Waals surface area (Å²) in [7, 11) is -3.16. The zero-order valence-corrected chi connectivity index (χ0v) is 13.7. The average molecular weight is 326 g/mol. The van der Waals surface area contributed by atoms with Crippen LogP contribution < -0.4 is 0 Å². The van der Waals surface area contributed by atoms with Crippen LogP contribution in [0.5, 0.6) is 0 Å². The number of hydrogen-bond donors (Lipinski definition) is 0. The number of aromatic nitrogens is 2. The largest absolute Gasteiger partial charge is 0.335 e. The SMILES string of the molecule is CCS(=O)(=O)N1CCN(C(=O)c2cc3n(n2)CCCC3)CC1. The van der Waals surface area contributed by atoms with E-state index in [1.54, 1.807) is 11.8 Å². The Bertz CT molecular complexity index is 636. The standard InChI is InChI=1S/C14H22N4O3S/c1-2-22(20,21)17-9-7-16(8-10-17)14(19)13-11-12-5-3-4-6-18(12)15-13/h11H,2-10H2,1H3. The summed E-state index contributed by atoms with van der Waals surface area (Å²) in [6, 6.07) is 1.89. The van der Waals surface area contributed by atoms with Gasteiger partial charge in [-0.1, -0.05) is 0 Å². The highest BCUT2D eigenvalue weighted by Gasteiger charge is 2.29. The van der Waals surface area contributed by atoms with Crippen molar-refractivity contribution in [3.63, 3.8) is 0 Å². The lowest BCUT2D eigenvalue weighted by molar-refractivity contribution is 0.0691. The number of carbonyl (C=O) groups excluding carboxylic acids is 1. The van der Waals surface area contributed by atoms with Crippen LogP contribution in [0.2, 0.25) is 0 Å². The van der Waals surface area contributed by atoms with Gasteiger partial charge >= 0.3 is 0 Å². The Balaban J connectivity index is 1.66. The predicted octanol–water partition coefficient (Wildman–Crippen LogP) is 0.327. The third-order valence-corrected chi connectivity index (χ3v) is 6.30. The molecule has 0 N–H and O–H groups in total. The van der Waals surface area contributed by atoms with Crippen LogP contribution in [-0.2, 0) is 23.0 Å². The molecule has 1 aromatic heterocycles. The number of nitrogens with zero attached hydrogens (tertiary/aromatic N) is 4. The topological polar surface area (TPSA) is 75.5 Å². The third kappa shape index (κ3) is 2.89. The van der Waals surface area contributed by atoms with Gasteiger partial charge in [0.05, 0.1) is 5.75 Å². The van der Waals surface area contributed by atoms with E-state index in [2.05, 4.69) is 5.10 Å². The first-order valence-corrected chi connectivity index (χ1v) is 9.46. The first kappa shape index (κ1) is 15.5. The molecule has 2 aliphatic heterocycles. The number of aryl methyl sites for hydroxylation is 2. The number of carbonyl (C=O) groups is 1. The lowest BCUT2D eigenvalue weighted by Gasteiger charge is -2.33. The Morgan fingerprint density at radius 1 is 1.18 bits per heavy atom. The molecule has 7 nitrogen and oxygen atoms in total. The van der Waals surface area contributed by atoms with E-state index >= 15 is 0 Å². The minimum atomic E-state index is -3.16. The quantitative estimate of drug-likeness (QED) is 0.802. The molecule has 3 heterocycles. The summed E-state index contributed by atoms with van der Waals surface area (Å²) in [6.45, 7) is 4.12. The Morgan fingerprint density at radius 2 is 1.91 bits per heavy atom. The number of piperazine rings is 1. The summed E-state index contributed by atoms with van der Waals surface area (Å²) >= 11 is 0. The van der Waals surface area contributed by atoms with Crippen molar-refractivity contribution in [1.29, 1.82) is 0 Å². The van der Waals surface area contributed by atoms with Crippen molar-refractivity contribution >= 4 is 15.9 Å². The number of hydrogen-bond acceptors (Lipinski definition) is 4. The Morgan fingerprint density at radius 3 is 2.55 bits per heavy atom. The van der Waals surface area contributed by atoms with E-state index in [-0.39, 0.29) is 11.7 Å². The normalized spacial score (nSPS) is 20.0. The van der Waals surface area contributed by atoms with E-state index in [0.717, 1.165) is 31.5 Å². The van der Waals surface area contributed by atoms with Crippen molar-refractivity contribution in [1.82, 2.24) is 19.0 Å². The molecule has 22 heavy (non-hydrogen) atoms. The second-order valence-corrected chi connectivity index (χ2v) is 8.05. The molecule has 122 valence electrons. The van der Waals surface area contributed by atoms with Gasteiger partial charge in [-0.15, -0.1) is 0 Å². The predicted molar refractivity (Wildman–Crippen MR) is 82.1 cm³/mol. The molecule has 8 heteroatoms. The molecule has 0 spiro atoms. The van der Waals surface area contributed by atoms with E-state index in [1.165, 1.54) is 4.31 Å². The second-order valence-electron chi connectivity index (χ2n) is 5.79.